The van der Waals surface area contributed by atoms with E-state index < -0.39 is 0 Å². The second-order valence-electron chi connectivity index (χ2n) is 14.0. The summed E-state index contributed by atoms with van der Waals surface area (Å²) < 4.78 is 11.6. The van der Waals surface area contributed by atoms with Crippen LogP contribution >= 0.6 is 0 Å². The number of hydrogen-bond donors (Lipinski definition) is 1. The van der Waals surface area contributed by atoms with E-state index in [1.807, 2.05) is 48.3 Å². The zero-order valence-corrected chi connectivity index (χ0v) is 26.7. The Morgan fingerprint density at radius 3 is 2.09 bits per heavy atom. The maximum atomic E-state index is 13.4. The lowest BCUT2D eigenvalue weighted by Crippen LogP contribution is -2.51. The maximum absolute atomic E-state index is 13.4. The SMILES string of the molecule is COc1cc(-c2cccc(O)c2)cc(OC)c1CN1CCN(c2ccc(C(=O)N(C)CC34CC5CC(CC(C5)C3)C4)nn2)CC1. The number of benzene rings is 2. The molecule has 1 N–H and O–H groups in total. The van der Waals surface area contributed by atoms with Gasteiger partial charge in [0.1, 0.15) is 17.2 Å². The summed E-state index contributed by atoms with van der Waals surface area (Å²) in [4.78, 5) is 19.9. The first-order chi connectivity index (χ1) is 21.8. The summed E-state index contributed by atoms with van der Waals surface area (Å²) in [5.41, 5.74) is 3.56. The van der Waals surface area contributed by atoms with Gasteiger partial charge >= 0.3 is 0 Å². The van der Waals surface area contributed by atoms with Crippen LogP contribution in [0.2, 0.25) is 0 Å². The van der Waals surface area contributed by atoms with Crippen LogP contribution in [-0.2, 0) is 6.54 Å². The fourth-order valence-electron chi connectivity index (χ4n) is 9.21. The summed E-state index contributed by atoms with van der Waals surface area (Å²) in [6.45, 7) is 4.83. The van der Waals surface area contributed by atoms with Gasteiger partial charge in [0.2, 0.25) is 0 Å². The van der Waals surface area contributed by atoms with Crippen LogP contribution in [0.3, 0.4) is 0 Å². The minimum Gasteiger partial charge on any atom is -0.508 e. The van der Waals surface area contributed by atoms with Crippen molar-refractivity contribution in [1.82, 2.24) is 20.0 Å². The van der Waals surface area contributed by atoms with E-state index in [1.54, 1.807) is 26.4 Å². The highest BCUT2D eigenvalue weighted by Gasteiger charge is 2.51. The molecule has 4 bridgehead atoms. The van der Waals surface area contributed by atoms with E-state index in [9.17, 15) is 9.90 Å². The normalized spacial score (nSPS) is 25.8. The van der Waals surface area contributed by atoms with E-state index in [-0.39, 0.29) is 11.7 Å². The van der Waals surface area contributed by atoms with Crippen LogP contribution in [0.15, 0.2) is 48.5 Å². The van der Waals surface area contributed by atoms with Crippen molar-refractivity contribution in [3.8, 4) is 28.4 Å². The van der Waals surface area contributed by atoms with Crippen molar-refractivity contribution in [3.05, 3.63) is 59.8 Å². The lowest BCUT2D eigenvalue weighted by Gasteiger charge is -2.57. The number of piperazine rings is 1. The van der Waals surface area contributed by atoms with Gasteiger partial charge in [-0.1, -0.05) is 12.1 Å². The second kappa shape index (κ2) is 12.2. The number of carbonyl (C=O) groups is 1. The van der Waals surface area contributed by atoms with Gasteiger partial charge in [-0.05, 0) is 109 Å². The van der Waals surface area contributed by atoms with Crippen molar-refractivity contribution in [2.45, 2.75) is 45.1 Å². The van der Waals surface area contributed by atoms with Crippen LogP contribution in [0.5, 0.6) is 17.2 Å². The van der Waals surface area contributed by atoms with E-state index in [1.165, 1.54) is 38.5 Å². The molecule has 4 aliphatic carbocycles. The van der Waals surface area contributed by atoms with E-state index >= 15 is 0 Å². The van der Waals surface area contributed by atoms with Crippen LogP contribution in [-0.4, -0.2) is 85.0 Å². The first-order valence-electron chi connectivity index (χ1n) is 16.4. The zero-order chi connectivity index (χ0) is 31.1. The number of amides is 1. The Morgan fingerprint density at radius 1 is 0.889 bits per heavy atom. The summed E-state index contributed by atoms with van der Waals surface area (Å²) in [5, 5.41) is 18.8. The van der Waals surface area contributed by atoms with E-state index in [0.29, 0.717) is 17.7 Å². The van der Waals surface area contributed by atoms with Crippen molar-refractivity contribution in [3.63, 3.8) is 0 Å². The lowest BCUT2D eigenvalue weighted by atomic mass is 9.49. The van der Waals surface area contributed by atoms with Gasteiger partial charge in [0, 0.05) is 46.3 Å². The molecular formula is C36H45N5O4. The van der Waals surface area contributed by atoms with Crippen LogP contribution in [0.4, 0.5) is 5.82 Å². The summed E-state index contributed by atoms with van der Waals surface area (Å²) in [7, 11) is 5.30. The van der Waals surface area contributed by atoms with Gasteiger partial charge in [0.05, 0.1) is 19.8 Å². The number of hydrogen-bond acceptors (Lipinski definition) is 8. The predicted molar refractivity (Wildman–Crippen MR) is 174 cm³/mol. The summed E-state index contributed by atoms with van der Waals surface area (Å²) in [5.74, 6) is 5.15. The molecule has 1 aliphatic heterocycles. The monoisotopic (exact) mass is 611 g/mol. The molecule has 1 aromatic heterocycles. The van der Waals surface area contributed by atoms with Gasteiger partial charge in [-0.15, -0.1) is 10.2 Å². The van der Waals surface area contributed by atoms with Gasteiger partial charge < -0.3 is 24.4 Å². The molecule has 9 nitrogen and oxygen atoms in total. The molecule has 4 saturated carbocycles. The predicted octanol–water partition coefficient (Wildman–Crippen LogP) is 5.48. The molecular weight excluding hydrogens is 566 g/mol. The Balaban J connectivity index is 0.960. The molecule has 1 amide bonds. The molecule has 9 heteroatoms. The minimum absolute atomic E-state index is 0.0207. The number of aromatic nitrogens is 2. The van der Waals surface area contributed by atoms with Gasteiger partial charge in [-0.2, -0.15) is 0 Å². The van der Waals surface area contributed by atoms with Crippen LogP contribution in [0.1, 0.15) is 54.6 Å². The summed E-state index contributed by atoms with van der Waals surface area (Å²) >= 11 is 0. The number of phenolic OH excluding ortho intramolecular Hbond substituents is 1. The number of anilines is 1. The fourth-order valence-corrected chi connectivity index (χ4v) is 9.21. The largest absolute Gasteiger partial charge is 0.508 e. The van der Waals surface area contributed by atoms with Crippen molar-refractivity contribution >= 4 is 11.7 Å². The van der Waals surface area contributed by atoms with Crippen LogP contribution in [0, 0.1) is 23.2 Å². The molecule has 0 unspecified atom stereocenters. The molecule has 3 aromatic rings. The lowest BCUT2D eigenvalue weighted by molar-refractivity contribution is -0.0629. The molecule has 0 atom stereocenters. The quantitative estimate of drug-likeness (QED) is 0.340. The molecule has 8 rings (SSSR count). The highest BCUT2D eigenvalue weighted by atomic mass is 16.5. The number of nitrogens with zero attached hydrogens (tertiary/aromatic N) is 5. The molecule has 1 saturated heterocycles. The number of carbonyl (C=O) groups excluding carboxylic acids is 1. The zero-order valence-electron chi connectivity index (χ0n) is 26.7. The third kappa shape index (κ3) is 6.07. The Labute approximate surface area is 266 Å². The Kier molecular flexibility index (Phi) is 8.06. The average Bonchev–Trinajstić information content (AvgIpc) is 3.04. The van der Waals surface area contributed by atoms with Crippen LogP contribution in [0.25, 0.3) is 11.1 Å². The third-order valence-corrected chi connectivity index (χ3v) is 10.8. The number of phenols is 1. The highest BCUT2D eigenvalue weighted by molar-refractivity contribution is 5.92. The van der Waals surface area contributed by atoms with E-state index in [4.69, 9.17) is 9.47 Å². The summed E-state index contributed by atoms with van der Waals surface area (Å²) in [6.07, 6.45) is 8.10. The van der Waals surface area contributed by atoms with Crippen molar-refractivity contribution in [1.29, 1.82) is 0 Å². The Morgan fingerprint density at radius 2 is 1.53 bits per heavy atom. The van der Waals surface area contributed by atoms with E-state index in [2.05, 4.69) is 20.0 Å². The number of aromatic hydroxyl groups is 1. The average molecular weight is 612 g/mol. The Bertz CT molecular complexity index is 1470. The molecule has 2 aromatic carbocycles. The van der Waals surface area contributed by atoms with Gasteiger partial charge in [0.25, 0.3) is 5.91 Å². The maximum Gasteiger partial charge on any atom is 0.274 e. The first kappa shape index (κ1) is 29.8. The van der Waals surface area contributed by atoms with Crippen molar-refractivity contribution in [2.75, 3.05) is 58.9 Å². The fraction of sp³-hybridized carbons (Fsp3) is 0.528. The smallest absolute Gasteiger partial charge is 0.274 e. The topological polar surface area (TPSA) is 91.3 Å². The first-order valence-corrected chi connectivity index (χ1v) is 16.4. The van der Waals surface area contributed by atoms with E-state index in [0.717, 1.165) is 84.5 Å². The summed E-state index contributed by atoms with van der Waals surface area (Å²) in [6, 6.07) is 15.0. The third-order valence-electron chi connectivity index (χ3n) is 10.8. The van der Waals surface area contributed by atoms with Crippen molar-refractivity contribution in [2.24, 2.45) is 23.2 Å². The molecule has 5 fully saturated rings. The van der Waals surface area contributed by atoms with Gasteiger partial charge in [0.15, 0.2) is 11.5 Å². The van der Waals surface area contributed by atoms with Gasteiger partial charge in [-0.3, -0.25) is 9.69 Å². The van der Waals surface area contributed by atoms with Crippen LogP contribution < -0.4 is 14.4 Å². The second-order valence-corrected chi connectivity index (χ2v) is 14.0. The van der Waals surface area contributed by atoms with Gasteiger partial charge in [-0.25, -0.2) is 0 Å². The number of ether oxygens (including phenoxy) is 2. The minimum atomic E-state index is -0.0207. The standard InChI is InChI=1S/C36H45N5O4/c1-39(23-36-19-24-13-25(20-36)15-26(14-24)21-36)35(43)31-7-8-34(38-37-31)41-11-9-40(10-12-41)22-30-32(44-2)17-28(18-33(30)45-3)27-5-4-6-29(42)16-27/h4-8,16-18,24-26,42H,9-15,19-23H2,1-3H3. The molecule has 5 aliphatic rings. The number of rotatable bonds is 9. The number of methoxy groups -OCH3 is 2. The molecule has 45 heavy (non-hydrogen) atoms. The highest BCUT2D eigenvalue weighted by Crippen LogP contribution is 2.60. The Hall–Kier alpha value is -3.85. The molecule has 0 spiro atoms. The molecule has 0 radical (unpaired) electrons. The van der Waals surface area contributed by atoms with Crippen molar-refractivity contribution < 1.29 is 19.4 Å². The molecule has 2 heterocycles. The molecule has 238 valence electrons.